The van der Waals surface area contributed by atoms with Crippen molar-refractivity contribution in [2.75, 3.05) is 46.7 Å². The summed E-state index contributed by atoms with van der Waals surface area (Å²) in [5.74, 6) is -1.46. The van der Waals surface area contributed by atoms with Gasteiger partial charge in [-0.05, 0) is 6.92 Å². The van der Waals surface area contributed by atoms with Crippen LogP contribution in [-0.2, 0) is 31.7 Å². The molecule has 0 radical (unpaired) electrons. The summed E-state index contributed by atoms with van der Waals surface area (Å²) in [5.41, 5.74) is -2.31. The fourth-order valence-corrected chi connectivity index (χ4v) is 4.22. The molecule has 1 fully saturated rings. The highest BCUT2D eigenvalue weighted by atomic mass is 32.2. The van der Waals surface area contributed by atoms with E-state index >= 15 is 0 Å². The second kappa shape index (κ2) is 8.46. The van der Waals surface area contributed by atoms with Gasteiger partial charge >= 0.3 is 22.1 Å². The molecule has 0 bridgehead atoms. The summed E-state index contributed by atoms with van der Waals surface area (Å²) < 4.78 is 40.5. The zero-order chi connectivity index (χ0) is 23.0. The number of piperidine rings is 1. The summed E-state index contributed by atoms with van der Waals surface area (Å²) in [5, 5.41) is 0. The van der Waals surface area contributed by atoms with E-state index in [0.29, 0.717) is 25.9 Å². The van der Waals surface area contributed by atoms with Crippen LogP contribution in [0.15, 0.2) is 4.79 Å². The van der Waals surface area contributed by atoms with Crippen molar-refractivity contribution < 1.29 is 31.7 Å². The Morgan fingerprint density at radius 3 is 2.42 bits per heavy atom. The third-order valence-electron chi connectivity index (χ3n) is 5.16. The number of hydrogen-bond acceptors (Lipinski definition) is 9. The molecule has 2 amide bonds. The van der Waals surface area contributed by atoms with Crippen LogP contribution < -0.4 is 9.74 Å². The Morgan fingerprint density at radius 2 is 1.87 bits per heavy atom. The summed E-state index contributed by atoms with van der Waals surface area (Å²) >= 11 is 0. The average molecular weight is 458 g/mol. The lowest BCUT2D eigenvalue weighted by molar-refractivity contribution is -0.113. The van der Waals surface area contributed by atoms with E-state index < -0.39 is 38.7 Å². The van der Waals surface area contributed by atoms with Crippen LogP contribution in [0.5, 0.6) is 5.75 Å². The topological polar surface area (TPSA) is 137 Å². The van der Waals surface area contributed by atoms with Gasteiger partial charge in [-0.2, -0.15) is 8.42 Å². The van der Waals surface area contributed by atoms with Crippen molar-refractivity contribution in [3.8, 4) is 5.75 Å². The van der Waals surface area contributed by atoms with E-state index in [-0.39, 0.29) is 31.6 Å². The minimum atomic E-state index is -4.10. The van der Waals surface area contributed by atoms with Gasteiger partial charge in [0.2, 0.25) is 5.75 Å². The average Bonchev–Trinajstić information content (AvgIpc) is 2.69. The maximum atomic E-state index is 13.1. The molecule has 0 saturated carbocycles. The van der Waals surface area contributed by atoms with Crippen LogP contribution in [-0.4, -0.2) is 86.4 Å². The van der Waals surface area contributed by atoms with E-state index in [4.69, 9.17) is 13.7 Å². The van der Waals surface area contributed by atoms with Gasteiger partial charge in [0.25, 0.3) is 5.56 Å². The summed E-state index contributed by atoms with van der Waals surface area (Å²) in [6, 6.07) is -0.139. The molecule has 0 N–H and O–H groups in total. The lowest BCUT2D eigenvalue weighted by atomic mass is 9.88. The summed E-state index contributed by atoms with van der Waals surface area (Å²) in [7, 11) is -0.773. The number of fused-ring (bicyclic) bond motifs is 2. The molecule has 3 heterocycles. The third kappa shape index (κ3) is 4.51. The first-order valence-corrected chi connectivity index (χ1v) is 11.6. The zero-order valence-corrected chi connectivity index (χ0v) is 18.7. The number of urea groups is 1. The number of nitrogens with zero attached hydrogens (tertiary/aromatic N) is 4. The van der Waals surface area contributed by atoms with Crippen LogP contribution in [0.1, 0.15) is 36.1 Å². The second-order valence-electron chi connectivity index (χ2n) is 7.58. The maximum absolute atomic E-state index is 13.1. The van der Waals surface area contributed by atoms with Gasteiger partial charge in [-0.15, -0.1) is 0 Å². The van der Waals surface area contributed by atoms with Crippen molar-refractivity contribution in [3.63, 3.8) is 0 Å². The molecule has 0 aliphatic carbocycles. The molecule has 0 aromatic carbocycles. The SMILES string of the molecule is CCOC(=O)c1nc2n(c(=O)c1OS(C)(=O)=O)CCOC21CCN(C(=O)N(C)C)CC1. The van der Waals surface area contributed by atoms with E-state index in [9.17, 15) is 22.8 Å². The van der Waals surface area contributed by atoms with E-state index in [1.807, 2.05) is 0 Å². The van der Waals surface area contributed by atoms with Gasteiger partial charge in [0.1, 0.15) is 11.4 Å². The highest BCUT2D eigenvalue weighted by Gasteiger charge is 2.45. The Balaban J connectivity index is 2.08. The predicted molar refractivity (Wildman–Crippen MR) is 107 cm³/mol. The Morgan fingerprint density at radius 1 is 1.23 bits per heavy atom. The fraction of sp³-hybridized carbons (Fsp3) is 0.667. The largest absolute Gasteiger partial charge is 0.461 e. The molecular weight excluding hydrogens is 432 g/mol. The molecule has 1 saturated heterocycles. The first-order valence-electron chi connectivity index (χ1n) is 9.81. The summed E-state index contributed by atoms with van der Waals surface area (Å²) in [6.45, 7) is 2.61. The normalized spacial score (nSPS) is 17.7. The van der Waals surface area contributed by atoms with Crippen LogP contribution >= 0.6 is 0 Å². The molecule has 12 nitrogen and oxygen atoms in total. The number of carbonyl (C=O) groups excluding carboxylic acids is 2. The number of aromatic nitrogens is 2. The van der Waals surface area contributed by atoms with Crippen molar-refractivity contribution in [2.24, 2.45) is 0 Å². The van der Waals surface area contributed by atoms with Crippen LogP contribution in [0, 0.1) is 0 Å². The van der Waals surface area contributed by atoms with Gasteiger partial charge in [0.15, 0.2) is 5.69 Å². The maximum Gasteiger partial charge on any atom is 0.361 e. The standard InChI is InChI=1S/C18H26N4O8S/c1-5-28-15(24)12-13(30-31(4,26)27)14(23)22-10-11-29-18(16(22)19-12)6-8-21(9-7-18)17(25)20(2)3/h5-11H2,1-4H3. The van der Waals surface area contributed by atoms with Gasteiger partial charge in [-0.1, -0.05) is 0 Å². The monoisotopic (exact) mass is 458 g/mol. The van der Waals surface area contributed by atoms with Crippen molar-refractivity contribution >= 4 is 22.1 Å². The lowest BCUT2D eigenvalue weighted by Crippen LogP contribution is -2.53. The molecule has 1 spiro atoms. The number of carbonyl (C=O) groups is 2. The highest BCUT2D eigenvalue weighted by molar-refractivity contribution is 7.86. The summed E-state index contributed by atoms with van der Waals surface area (Å²) in [6.07, 6.45) is 1.48. The van der Waals surface area contributed by atoms with E-state index in [0.717, 1.165) is 6.26 Å². The molecule has 1 aromatic rings. The molecule has 0 atom stereocenters. The van der Waals surface area contributed by atoms with Crippen LogP contribution in [0.3, 0.4) is 0 Å². The molecular formula is C18H26N4O8S. The number of hydrogen-bond donors (Lipinski definition) is 0. The molecule has 1 aromatic heterocycles. The Hall–Kier alpha value is -2.67. The number of esters is 1. The molecule has 13 heteroatoms. The molecule has 3 rings (SSSR count). The highest BCUT2D eigenvalue weighted by Crippen LogP contribution is 2.38. The van der Waals surface area contributed by atoms with Crippen molar-refractivity contribution in [2.45, 2.75) is 31.9 Å². The molecule has 0 unspecified atom stereocenters. The Bertz CT molecular complexity index is 1040. The number of ether oxygens (including phenoxy) is 2. The van der Waals surface area contributed by atoms with E-state index in [1.54, 1.807) is 25.9 Å². The number of rotatable bonds is 4. The smallest absolute Gasteiger partial charge is 0.361 e. The van der Waals surface area contributed by atoms with Crippen LogP contribution in [0.4, 0.5) is 4.79 Å². The Kier molecular flexibility index (Phi) is 6.28. The minimum Gasteiger partial charge on any atom is -0.461 e. The molecule has 2 aliphatic rings. The zero-order valence-electron chi connectivity index (χ0n) is 17.9. The van der Waals surface area contributed by atoms with Gasteiger partial charge in [-0.3, -0.25) is 9.36 Å². The predicted octanol–water partition coefficient (Wildman–Crippen LogP) is -0.239. The molecule has 172 valence electrons. The van der Waals surface area contributed by atoms with Gasteiger partial charge < -0.3 is 23.5 Å². The fourth-order valence-electron chi connectivity index (χ4n) is 3.76. The van der Waals surface area contributed by atoms with E-state index in [1.165, 1.54) is 9.47 Å². The minimum absolute atomic E-state index is 0.000492. The lowest BCUT2D eigenvalue weighted by Gasteiger charge is -2.44. The number of likely N-dealkylation sites (tertiary alicyclic amines) is 1. The summed E-state index contributed by atoms with van der Waals surface area (Å²) in [4.78, 5) is 45.3. The van der Waals surface area contributed by atoms with Gasteiger partial charge in [-0.25, -0.2) is 14.6 Å². The quantitative estimate of drug-likeness (QED) is 0.442. The first kappa shape index (κ1) is 23.0. The van der Waals surface area contributed by atoms with Crippen molar-refractivity contribution in [1.29, 1.82) is 0 Å². The van der Waals surface area contributed by atoms with Gasteiger partial charge in [0.05, 0.1) is 26.0 Å². The molecule has 31 heavy (non-hydrogen) atoms. The first-order chi connectivity index (χ1) is 14.5. The molecule has 2 aliphatic heterocycles. The Labute approximate surface area is 179 Å². The third-order valence-corrected chi connectivity index (χ3v) is 5.63. The van der Waals surface area contributed by atoms with Crippen LogP contribution in [0.25, 0.3) is 0 Å². The van der Waals surface area contributed by atoms with Gasteiger partial charge in [0, 0.05) is 40.0 Å². The number of amides is 2. The van der Waals surface area contributed by atoms with E-state index in [2.05, 4.69) is 4.98 Å². The van der Waals surface area contributed by atoms with Crippen molar-refractivity contribution in [1.82, 2.24) is 19.4 Å². The second-order valence-corrected chi connectivity index (χ2v) is 9.16. The van der Waals surface area contributed by atoms with Crippen LogP contribution in [0.2, 0.25) is 0 Å². The van der Waals surface area contributed by atoms with Crippen molar-refractivity contribution in [3.05, 3.63) is 21.9 Å².